The fourth-order valence-electron chi connectivity index (χ4n) is 1.45. The molecule has 1 heterocycles. The smallest absolute Gasteiger partial charge is 0.270 e. The van der Waals surface area contributed by atoms with E-state index in [0.29, 0.717) is 5.69 Å². The molecule has 0 bridgehead atoms. The maximum atomic E-state index is 11.9. The Bertz CT molecular complexity index is 367. The molecule has 0 aliphatic carbocycles. The number of carbonyl (C=O) groups is 1. The molecule has 1 aromatic heterocycles. The molecule has 1 atom stereocenters. The van der Waals surface area contributed by atoms with E-state index in [1.807, 2.05) is 31.8 Å². The third-order valence-corrected chi connectivity index (χ3v) is 3.49. The Morgan fingerprint density at radius 1 is 1.50 bits per heavy atom. The summed E-state index contributed by atoms with van der Waals surface area (Å²) in [7, 11) is 1.82. The van der Waals surface area contributed by atoms with Gasteiger partial charge in [0.05, 0.1) is 11.9 Å². The van der Waals surface area contributed by atoms with Crippen LogP contribution >= 0.6 is 11.8 Å². The van der Waals surface area contributed by atoms with Gasteiger partial charge in [0.15, 0.2) is 0 Å². The fourth-order valence-corrected chi connectivity index (χ4v) is 2.26. The van der Waals surface area contributed by atoms with Crippen molar-refractivity contribution >= 4 is 23.4 Å². The third-order valence-electron chi connectivity index (χ3n) is 2.56. The van der Waals surface area contributed by atoms with Crippen LogP contribution in [0.15, 0.2) is 18.3 Å². The first-order valence-corrected chi connectivity index (χ1v) is 7.35. The number of hydrogen-bond donors (Lipinski definition) is 2. The third kappa shape index (κ3) is 4.96. The van der Waals surface area contributed by atoms with E-state index in [4.69, 9.17) is 0 Å². The van der Waals surface area contributed by atoms with Crippen molar-refractivity contribution in [2.45, 2.75) is 26.3 Å². The molecule has 0 saturated carbocycles. The van der Waals surface area contributed by atoms with E-state index in [9.17, 15) is 4.79 Å². The molecule has 4 nitrogen and oxygen atoms in total. The van der Waals surface area contributed by atoms with E-state index in [0.717, 1.165) is 23.6 Å². The molecule has 0 radical (unpaired) electrons. The molecular weight excluding hydrogens is 246 g/mol. The molecule has 100 valence electrons. The summed E-state index contributed by atoms with van der Waals surface area (Å²) in [4.78, 5) is 16.0. The lowest BCUT2D eigenvalue weighted by molar-refractivity contribution is 0.0934. The highest BCUT2D eigenvalue weighted by Gasteiger charge is 2.10. The first-order valence-electron chi connectivity index (χ1n) is 6.19. The van der Waals surface area contributed by atoms with Crippen molar-refractivity contribution in [2.75, 3.05) is 23.9 Å². The van der Waals surface area contributed by atoms with Crippen molar-refractivity contribution in [2.24, 2.45) is 0 Å². The lowest BCUT2D eigenvalue weighted by atomic mass is 10.2. The van der Waals surface area contributed by atoms with Gasteiger partial charge in [0.25, 0.3) is 5.91 Å². The van der Waals surface area contributed by atoms with Crippen LogP contribution in [0.3, 0.4) is 0 Å². The van der Waals surface area contributed by atoms with Crippen molar-refractivity contribution in [3.8, 4) is 0 Å². The Labute approximate surface area is 113 Å². The number of aromatic nitrogens is 1. The zero-order valence-electron chi connectivity index (χ0n) is 11.2. The predicted molar refractivity (Wildman–Crippen MR) is 78.3 cm³/mol. The van der Waals surface area contributed by atoms with Crippen LogP contribution in [0.1, 0.15) is 30.8 Å². The summed E-state index contributed by atoms with van der Waals surface area (Å²) in [5, 5.41) is 5.93. The summed E-state index contributed by atoms with van der Waals surface area (Å²) in [6.07, 6.45) is 2.64. The van der Waals surface area contributed by atoms with E-state index >= 15 is 0 Å². The normalized spacial score (nSPS) is 11.9. The largest absolute Gasteiger partial charge is 0.387 e. The summed E-state index contributed by atoms with van der Waals surface area (Å²) in [5.74, 6) is 2.09. The van der Waals surface area contributed by atoms with Gasteiger partial charge in [0, 0.05) is 13.1 Å². The summed E-state index contributed by atoms with van der Waals surface area (Å²) in [6.45, 7) is 4.16. The van der Waals surface area contributed by atoms with Crippen molar-refractivity contribution in [3.63, 3.8) is 0 Å². The van der Waals surface area contributed by atoms with Gasteiger partial charge in [-0.05, 0) is 37.0 Å². The molecule has 5 heteroatoms. The second-order valence-corrected chi connectivity index (χ2v) is 5.44. The summed E-state index contributed by atoms with van der Waals surface area (Å²) in [6, 6.07) is 3.76. The number of anilines is 1. The topological polar surface area (TPSA) is 54.0 Å². The maximum Gasteiger partial charge on any atom is 0.270 e. The molecule has 0 aliphatic rings. The SMILES string of the molecule is CCSCCC(C)NC(=O)c1ccc(NC)cn1. The Hall–Kier alpha value is -1.23. The molecule has 0 aromatic carbocycles. The van der Waals surface area contributed by atoms with Crippen molar-refractivity contribution < 1.29 is 4.79 Å². The fraction of sp³-hybridized carbons (Fsp3) is 0.538. The van der Waals surface area contributed by atoms with Crippen LogP contribution in [-0.4, -0.2) is 35.5 Å². The van der Waals surface area contributed by atoms with E-state index in [1.54, 1.807) is 12.3 Å². The Balaban J connectivity index is 2.43. The van der Waals surface area contributed by atoms with Crippen LogP contribution in [0, 0.1) is 0 Å². The number of nitrogens with zero attached hydrogens (tertiary/aromatic N) is 1. The number of thioether (sulfide) groups is 1. The average molecular weight is 267 g/mol. The monoisotopic (exact) mass is 267 g/mol. The van der Waals surface area contributed by atoms with Crippen molar-refractivity contribution in [3.05, 3.63) is 24.0 Å². The molecule has 1 rings (SSSR count). The van der Waals surface area contributed by atoms with Gasteiger partial charge in [0.1, 0.15) is 5.69 Å². The second-order valence-electron chi connectivity index (χ2n) is 4.04. The summed E-state index contributed by atoms with van der Waals surface area (Å²) >= 11 is 1.89. The Morgan fingerprint density at radius 2 is 2.28 bits per heavy atom. The average Bonchev–Trinajstić information content (AvgIpc) is 2.39. The van der Waals surface area contributed by atoms with E-state index in [1.165, 1.54) is 0 Å². The number of amides is 1. The number of pyridine rings is 1. The quantitative estimate of drug-likeness (QED) is 0.745. The van der Waals surface area contributed by atoms with Gasteiger partial charge in [0.2, 0.25) is 0 Å². The molecule has 0 spiro atoms. The molecule has 1 unspecified atom stereocenters. The van der Waals surface area contributed by atoms with E-state index in [-0.39, 0.29) is 11.9 Å². The van der Waals surface area contributed by atoms with Crippen molar-refractivity contribution in [1.82, 2.24) is 10.3 Å². The molecule has 2 N–H and O–H groups in total. The Kier molecular flexibility index (Phi) is 6.57. The number of nitrogens with one attached hydrogen (secondary N) is 2. The van der Waals surface area contributed by atoms with E-state index in [2.05, 4.69) is 22.5 Å². The van der Waals surface area contributed by atoms with Crippen LogP contribution in [-0.2, 0) is 0 Å². The number of rotatable bonds is 7. The molecule has 18 heavy (non-hydrogen) atoms. The van der Waals surface area contributed by atoms with Gasteiger partial charge >= 0.3 is 0 Å². The zero-order valence-corrected chi connectivity index (χ0v) is 12.0. The molecule has 0 aliphatic heterocycles. The number of carbonyl (C=O) groups excluding carboxylic acids is 1. The van der Waals surface area contributed by atoms with Gasteiger partial charge in [-0.25, -0.2) is 4.98 Å². The van der Waals surface area contributed by atoms with Gasteiger partial charge in [-0.2, -0.15) is 11.8 Å². The van der Waals surface area contributed by atoms with E-state index < -0.39 is 0 Å². The highest BCUT2D eigenvalue weighted by atomic mass is 32.2. The first kappa shape index (κ1) is 14.8. The van der Waals surface area contributed by atoms with Crippen LogP contribution in [0.2, 0.25) is 0 Å². The van der Waals surface area contributed by atoms with Crippen molar-refractivity contribution in [1.29, 1.82) is 0 Å². The van der Waals surface area contributed by atoms with Crippen LogP contribution < -0.4 is 10.6 Å². The summed E-state index contributed by atoms with van der Waals surface area (Å²) in [5.41, 5.74) is 1.36. The Morgan fingerprint density at radius 3 is 2.83 bits per heavy atom. The highest BCUT2D eigenvalue weighted by molar-refractivity contribution is 7.99. The minimum absolute atomic E-state index is 0.105. The zero-order chi connectivity index (χ0) is 13.4. The van der Waals surface area contributed by atoms with Crippen LogP contribution in [0.25, 0.3) is 0 Å². The summed E-state index contributed by atoms with van der Waals surface area (Å²) < 4.78 is 0. The highest BCUT2D eigenvalue weighted by Crippen LogP contribution is 2.07. The second kappa shape index (κ2) is 7.97. The maximum absolute atomic E-state index is 11.9. The molecule has 1 amide bonds. The predicted octanol–water partition coefficient (Wildman–Crippen LogP) is 2.38. The van der Waals surface area contributed by atoms with Gasteiger partial charge < -0.3 is 10.6 Å². The van der Waals surface area contributed by atoms with Crippen LogP contribution in [0.4, 0.5) is 5.69 Å². The minimum atomic E-state index is -0.105. The van der Waals surface area contributed by atoms with Gasteiger partial charge in [-0.1, -0.05) is 6.92 Å². The molecule has 1 aromatic rings. The minimum Gasteiger partial charge on any atom is -0.387 e. The lowest BCUT2D eigenvalue weighted by Gasteiger charge is -2.13. The van der Waals surface area contributed by atoms with Gasteiger partial charge in [-0.3, -0.25) is 4.79 Å². The molecule has 0 fully saturated rings. The van der Waals surface area contributed by atoms with Crippen LogP contribution in [0.5, 0.6) is 0 Å². The first-order chi connectivity index (χ1) is 8.67. The molecular formula is C13H21N3OS. The molecule has 0 saturated heterocycles. The standard InChI is InChI=1S/C13H21N3OS/c1-4-18-8-7-10(2)16-13(17)12-6-5-11(14-3)9-15-12/h5-6,9-10,14H,4,7-8H2,1-3H3,(H,16,17). The van der Waals surface area contributed by atoms with Gasteiger partial charge in [-0.15, -0.1) is 0 Å². The number of hydrogen-bond acceptors (Lipinski definition) is 4. The lowest BCUT2D eigenvalue weighted by Crippen LogP contribution is -2.33.